The number of rotatable bonds is 5. The summed E-state index contributed by atoms with van der Waals surface area (Å²) in [5.74, 6) is 0. The van der Waals surface area contributed by atoms with E-state index >= 15 is 0 Å². The van der Waals surface area contributed by atoms with Crippen molar-refractivity contribution >= 4 is 22.3 Å². The number of likely N-dealkylation sites (tertiary alicyclic amines) is 1. The summed E-state index contributed by atoms with van der Waals surface area (Å²) >= 11 is 0. The van der Waals surface area contributed by atoms with Crippen LogP contribution in [-0.2, 0) is 0 Å². The van der Waals surface area contributed by atoms with E-state index in [1.807, 2.05) is 0 Å². The SMILES string of the molecule is O=c1[nH]cnc2cc(NCCN3CCCC3)c([N+](=O)[O-])cc12. The van der Waals surface area contributed by atoms with E-state index in [0.717, 1.165) is 19.6 Å². The number of nitro benzene ring substituents is 1. The van der Waals surface area contributed by atoms with Crippen LogP contribution in [0.3, 0.4) is 0 Å². The average molecular weight is 303 g/mol. The van der Waals surface area contributed by atoms with Crippen molar-refractivity contribution in [2.24, 2.45) is 0 Å². The molecule has 0 radical (unpaired) electrons. The first-order chi connectivity index (χ1) is 10.6. The molecule has 1 aliphatic heterocycles. The molecule has 1 fully saturated rings. The smallest absolute Gasteiger partial charge is 0.293 e. The number of nitrogens with one attached hydrogen (secondary N) is 2. The maximum absolute atomic E-state index is 11.7. The van der Waals surface area contributed by atoms with Crippen LogP contribution in [0.15, 0.2) is 23.3 Å². The number of fused-ring (bicyclic) bond motifs is 1. The Kier molecular flexibility index (Phi) is 4.01. The molecule has 116 valence electrons. The van der Waals surface area contributed by atoms with Crippen LogP contribution in [-0.4, -0.2) is 46.0 Å². The number of benzene rings is 1. The molecule has 22 heavy (non-hydrogen) atoms. The maximum atomic E-state index is 11.7. The lowest BCUT2D eigenvalue weighted by Gasteiger charge is -2.15. The summed E-state index contributed by atoms with van der Waals surface area (Å²) in [5.41, 5.74) is 0.358. The first-order valence-electron chi connectivity index (χ1n) is 7.27. The molecule has 8 heteroatoms. The van der Waals surface area contributed by atoms with Crippen LogP contribution in [0.4, 0.5) is 11.4 Å². The molecule has 8 nitrogen and oxygen atoms in total. The van der Waals surface area contributed by atoms with Crippen molar-refractivity contribution in [1.82, 2.24) is 14.9 Å². The van der Waals surface area contributed by atoms with Crippen LogP contribution in [0, 0.1) is 10.1 Å². The molecule has 0 spiro atoms. The van der Waals surface area contributed by atoms with Crippen molar-refractivity contribution in [1.29, 1.82) is 0 Å². The molecule has 2 heterocycles. The third-order valence-corrected chi connectivity index (χ3v) is 3.90. The zero-order valence-corrected chi connectivity index (χ0v) is 12.0. The number of hydrogen-bond donors (Lipinski definition) is 2. The predicted molar refractivity (Wildman–Crippen MR) is 83.2 cm³/mol. The van der Waals surface area contributed by atoms with Gasteiger partial charge in [0.15, 0.2) is 0 Å². The molecule has 0 bridgehead atoms. The number of aromatic amines is 1. The van der Waals surface area contributed by atoms with E-state index in [2.05, 4.69) is 20.2 Å². The van der Waals surface area contributed by atoms with Crippen molar-refractivity contribution in [3.63, 3.8) is 0 Å². The second kappa shape index (κ2) is 6.10. The molecule has 2 N–H and O–H groups in total. The van der Waals surface area contributed by atoms with E-state index in [-0.39, 0.29) is 16.6 Å². The van der Waals surface area contributed by atoms with Gasteiger partial charge in [-0.2, -0.15) is 0 Å². The van der Waals surface area contributed by atoms with Gasteiger partial charge in [-0.1, -0.05) is 0 Å². The highest BCUT2D eigenvalue weighted by Gasteiger charge is 2.17. The molecule has 0 aliphatic carbocycles. The number of anilines is 1. The zero-order valence-electron chi connectivity index (χ0n) is 12.0. The Hall–Kier alpha value is -2.48. The van der Waals surface area contributed by atoms with Crippen molar-refractivity contribution in [2.75, 3.05) is 31.5 Å². The summed E-state index contributed by atoms with van der Waals surface area (Å²) in [5, 5.41) is 14.5. The quantitative estimate of drug-likeness (QED) is 0.638. The first-order valence-corrected chi connectivity index (χ1v) is 7.27. The lowest BCUT2D eigenvalue weighted by molar-refractivity contribution is -0.383. The van der Waals surface area contributed by atoms with Crippen LogP contribution in [0.1, 0.15) is 12.8 Å². The Bertz CT molecular complexity index is 752. The Morgan fingerprint density at radius 3 is 2.86 bits per heavy atom. The highest BCUT2D eigenvalue weighted by molar-refractivity contribution is 5.86. The number of hydrogen-bond acceptors (Lipinski definition) is 6. The van der Waals surface area contributed by atoms with Crippen molar-refractivity contribution in [3.05, 3.63) is 38.9 Å². The third-order valence-electron chi connectivity index (χ3n) is 3.90. The molecule has 1 aromatic heterocycles. The molecule has 1 aliphatic rings. The average Bonchev–Trinajstić information content (AvgIpc) is 3.00. The molecule has 0 amide bonds. The monoisotopic (exact) mass is 303 g/mol. The number of nitrogens with zero attached hydrogens (tertiary/aromatic N) is 3. The van der Waals surface area contributed by atoms with Gasteiger partial charge in [-0.25, -0.2) is 4.98 Å². The van der Waals surface area contributed by atoms with E-state index in [1.165, 1.54) is 25.2 Å². The minimum atomic E-state index is -0.482. The normalized spacial score (nSPS) is 15.3. The van der Waals surface area contributed by atoms with Gasteiger partial charge in [0, 0.05) is 19.2 Å². The predicted octanol–water partition coefficient (Wildman–Crippen LogP) is 1.34. The second-order valence-electron chi connectivity index (χ2n) is 5.35. The van der Waals surface area contributed by atoms with Gasteiger partial charge >= 0.3 is 0 Å². The molecular weight excluding hydrogens is 286 g/mol. The van der Waals surface area contributed by atoms with Crippen LogP contribution in [0.2, 0.25) is 0 Å². The Morgan fingerprint density at radius 2 is 2.14 bits per heavy atom. The molecule has 1 saturated heterocycles. The fourth-order valence-electron chi connectivity index (χ4n) is 2.75. The summed E-state index contributed by atoms with van der Waals surface area (Å²) in [6.07, 6.45) is 3.72. The van der Waals surface area contributed by atoms with Gasteiger partial charge in [-0.3, -0.25) is 14.9 Å². The molecule has 2 aromatic rings. The van der Waals surface area contributed by atoms with Gasteiger partial charge in [0.25, 0.3) is 11.2 Å². The van der Waals surface area contributed by atoms with E-state index in [4.69, 9.17) is 0 Å². The number of nitro groups is 1. The van der Waals surface area contributed by atoms with Gasteiger partial charge in [0.05, 0.1) is 22.2 Å². The van der Waals surface area contributed by atoms with E-state index < -0.39 is 4.92 Å². The molecule has 0 unspecified atom stereocenters. The number of aromatic nitrogens is 2. The third kappa shape index (κ3) is 2.91. The van der Waals surface area contributed by atoms with Crippen LogP contribution in [0.25, 0.3) is 10.9 Å². The molecule has 0 atom stereocenters. The maximum Gasteiger partial charge on any atom is 0.293 e. The largest absolute Gasteiger partial charge is 0.378 e. The highest BCUT2D eigenvalue weighted by atomic mass is 16.6. The Morgan fingerprint density at radius 1 is 1.36 bits per heavy atom. The van der Waals surface area contributed by atoms with Gasteiger partial charge in [0.1, 0.15) is 5.69 Å². The fourth-order valence-corrected chi connectivity index (χ4v) is 2.75. The molecule has 0 saturated carbocycles. The van der Waals surface area contributed by atoms with Gasteiger partial charge in [-0.05, 0) is 32.0 Å². The van der Waals surface area contributed by atoms with Crippen molar-refractivity contribution in [3.8, 4) is 0 Å². The topological polar surface area (TPSA) is 104 Å². The summed E-state index contributed by atoms with van der Waals surface area (Å²) in [7, 11) is 0. The summed E-state index contributed by atoms with van der Waals surface area (Å²) < 4.78 is 0. The summed E-state index contributed by atoms with van der Waals surface area (Å²) in [6, 6.07) is 2.84. The molecule has 3 rings (SSSR count). The Balaban J connectivity index is 1.84. The molecule has 1 aromatic carbocycles. The van der Waals surface area contributed by atoms with E-state index in [9.17, 15) is 14.9 Å². The van der Waals surface area contributed by atoms with Crippen LogP contribution in [0.5, 0.6) is 0 Å². The molecular formula is C14H17N5O3. The van der Waals surface area contributed by atoms with Crippen LogP contribution >= 0.6 is 0 Å². The highest BCUT2D eigenvalue weighted by Crippen LogP contribution is 2.27. The number of H-pyrrole nitrogens is 1. The lowest BCUT2D eigenvalue weighted by atomic mass is 10.2. The lowest BCUT2D eigenvalue weighted by Crippen LogP contribution is -2.26. The van der Waals surface area contributed by atoms with E-state index in [1.54, 1.807) is 6.07 Å². The van der Waals surface area contributed by atoms with Gasteiger partial charge in [0.2, 0.25) is 0 Å². The zero-order chi connectivity index (χ0) is 15.5. The fraction of sp³-hybridized carbons (Fsp3) is 0.429. The van der Waals surface area contributed by atoms with Gasteiger partial charge in [-0.15, -0.1) is 0 Å². The van der Waals surface area contributed by atoms with E-state index in [0.29, 0.717) is 17.7 Å². The Labute approximate surface area is 126 Å². The summed E-state index contributed by atoms with van der Waals surface area (Å²) in [6.45, 7) is 3.63. The van der Waals surface area contributed by atoms with Crippen LogP contribution < -0.4 is 10.9 Å². The standard InChI is InChI=1S/C14H17N5O3/c20-14-10-7-13(19(21)22)12(8-11(10)16-9-17-14)15-3-6-18-4-1-2-5-18/h7-9,15H,1-6H2,(H,16,17,20). The minimum absolute atomic E-state index is 0.104. The van der Waals surface area contributed by atoms with Gasteiger partial charge < -0.3 is 15.2 Å². The van der Waals surface area contributed by atoms with Crippen molar-refractivity contribution in [2.45, 2.75) is 12.8 Å². The first kappa shape index (κ1) is 14.5. The minimum Gasteiger partial charge on any atom is -0.378 e. The van der Waals surface area contributed by atoms with Crippen molar-refractivity contribution < 1.29 is 4.92 Å². The second-order valence-corrected chi connectivity index (χ2v) is 5.35. The summed E-state index contributed by atoms with van der Waals surface area (Å²) in [4.78, 5) is 31.3.